The highest BCUT2D eigenvalue weighted by molar-refractivity contribution is 5.94. The van der Waals surface area contributed by atoms with Gasteiger partial charge in [0, 0.05) is 24.2 Å². The standard InChI is InChI=1S/C22H23FN4O/c23-20-11-5-16(6-12-20)3-4-17-2-1-13-27(14-17)22(28)19-9-7-18(8-10-19)21-24-15-25-26-21/h5-12,15,17H,1-4,13-14H2,(H,24,25,26)/t17-/m1/s1. The third-order valence-electron chi connectivity index (χ3n) is 5.38. The van der Waals surface area contributed by atoms with E-state index in [-0.39, 0.29) is 11.7 Å². The zero-order chi connectivity index (χ0) is 19.3. The molecule has 0 spiro atoms. The highest BCUT2D eigenvalue weighted by atomic mass is 19.1. The third kappa shape index (κ3) is 4.27. The van der Waals surface area contributed by atoms with Crippen molar-refractivity contribution in [3.8, 4) is 11.4 Å². The number of hydrogen-bond acceptors (Lipinski definition) is 3. The molecule has 0 aliphatic carbocycles. The van der Waals surface area contributed by atoms with Gasteiger partial charge in [-0.1, -0.05) is 24.3 Å². The molecule has 0 bridgehead atoms. The van der Waals surface area contributed by atoms with Crippen LogP contribution < -0.4 is 0 Å². The van der Waals surface area contributed by atoms with Crippen molar-refractivity contribution in [1.82, 2.24) is 20.1 Å². The number of H-pyrrole nitrogens is 1. The van der Waals surface area contributed by atoms with Crippen molar-refractivity contribution >= 4 is 5.91 Å². The van der Waals surface area contributed by atoms with E-state index >= 15 is 0 Å². The van der Waals surface area contributed by atoms with E-state index < -0.39 is 0 Å². The molecule has 0 saturated carbocycles. The maximum Gasteiger partial charge on any atom is 0.253 e. The summed E-state index contributed by atoms with van der Waals surface area (Å²) in [4.78, 5) is 19.0. The molecule has 1 aliphatic heterocycles. The number of likely N-dealkylation sites (tertiary alicyclic amines) is 1. The molecule has 4 rings (SSSR count). The molecule has 5 nitrogen and oxygen atoms in total. The zero-order valence-corrected chi connectivity index (χ0v) is 15.6. The molecule has 1 fully saturated rings. The molecule has 28 heavy (non-hydrogen) atoms. The fraction of sp³-hybridized carbons (Fsp3) is 0.318. The van der Waals surface area contributed by atoms with Crippen molar-refractivity contribution in [2.24, 2.45) is 5.92 Å². The van der Waals surface area contributed by atoms with Crippen LogP contribution in [0.25, 0.3) is 11.4 Å². The average Bonchev–Trinajstić information content (AvgIpc) is 3.28. The van der Waals surface area contributed by atoms with Crippen molar-refractivity contribution < 1.29 is 9.18 Å². The van der Waals surface area contributed by atoms with Gasteiger partial charge in [0.2, 0.25) is 0 Å². The number of benzene rings is 2. The summed E-state index contributed by atoms with van der Waals surface area (Å²) in [5, 5.41) is 6.68. The fourth-order valence-corrected chi connectivity index (χ4v) is 3.80. The minimum absolute atomic E-state index is 0.0793. The van der Waals surface area contributed by atoms with E-state index in [1.54, 1.807) is 0 Å². The Bertz CT molecular complexity index is 907. The first-order chi connectivity index (χ1) is 13.7. The van der Waals surface area contributed by atoms with Gasteiger partial charge >= 0.3 is 0 Å². The van der Waals surface area contributed by atoms with Crippen LogP contribution >= 0.6 is 0 Å². The van der Waals surface area contributed by atoms with Gasteiger partial charge in [0.25, 0.3) is 5.91 Å². The maximum absolute atomic E-state index is 13.0. The Labute approximate surface area is 163 Å². The minimum atomic E-state index is -0.201. The highest BCUT2D eigenvalue weighted by Crippen LogP contribution is 2.24. The van der Waals surface area contributed by atoms with Crippen LogP contribution in [0.2, 0.25) is 0 Å². The second-order valence-corrected chi connectivity index (χ2v) is 7.34. The highest BCUT2D eigenvalue weighted by Gasteiger charge is 2.24. The number of aromatic nitrogens is 3. The molecular weight excluding hydrogens is 355 g/mol. The summed E-state index contributed by atoms with van der Waals surface area (Å²) in [6.07, 6.45) is 5.55. The number of amides is 1. The van der Waals surface area contributed by atoms with Crippen LogP contribution in [0.4, 0.5) is 4.39 Å². The first-order valence-electron chi connectivity index (χ1n) is 9.68. The molecule has 1 amide bonds. The van der Waals surface area contributed by atoms with E-state index in [0.29, 0.717) is 17.3 Å². The van der Waals surface area contributed by atoms with Crippen molar-refractivity contribution in [3.05, 3.63) is 71.8 Å². The number of hydrogen-bond donors (Lipinski definition) is 1. The van der Waals surface area contributed by atoms with Gasteiger partial charge in [-0.05, 0) is 61.4 Å². The Kier molecular flexibility index (Phi) is 5.46. The lowest BCUT2D eigenvalue weighted by Crippen LogP contribution is -2.40. The Morgan fingerprint density at radius 1 is 1.14 bits per heavy atom. The summed E-state index contributed by atoms with van der Waals surface area (Å²) >= 11 is 0. The third-order valence-corrected chi connectivity index (χ3v) is 5.38. The first kappa shape index (κ1) is 18.3. The molecule has 6 heteroatoms. The number of carbonyl (C=O) groups excluding carboxylic acids is 1. The van der Waals surface area contributed by atoms with E-state index in [1.165, 1.54) is 18.5 Å². The van der Waals surface area contributed by atoms with E-state index in [2.05, 4.69) is 15.2 Å². The number of aryl methyl sites for hydroxylation is 1. The monoisotopic (exact) mass is 378 g/mol. The van der Waals surface area contributed by atoms with Gasteiger partial charge < -0.3 is 4.90 Å². The SMILES string of the molecule is O=C(c1ccc(-c2ncn[nH]2)cc1)N1CCC[C@H](CCc2ccc(F)cc2)C1. The molecule has 3 aromatic rings. The Morgan fingerprint density at radius 3 is 2.64 bits per heavy atom. The Balaban J connectivity index is 1.35. The minimum Gasteiger partial charge on any atom is -0.338 e. The van der Waals surface area contributed by atoms with Gasteiger partial charge in [0.15, 0.2) is 5.82 Å². The fourth-order valence-electron chi connectivity index (χ4n) is 3.80. The van der Waals surface area contributed by atoms with Gasteiger partial charge in [-0.2, -0.15) is 5.10 Å². The van der Waals surface area contributed by atoms with Gasteiger partial charge in [-0.3, -0.25) is 9.89 Å². The topological polar surface area (TPSA) is 61.9 Å². The van der Waals surface area contributed by atoms with E-state index in [0.717, 1.165) is 49.9 Å². The quantitative estimate of drug-likeness (QED) is 0.727. The van der Waals surface area contributed by atoms with Crippen LogP contribution in [-0.4, -0.2) is 39.1 Å². The second-order valence-electron chi connectivity index (χ2n) is 7.34. The summed E-state index contributed by atoms with van der Waals surface area (Å²) in [7, 11) is 0. The molecule has 1 atom stereocenters. The van der Waals surface area contributed by atoms with Crippen LogP contribution in [0.15, 0.2) is 54.9 Å². The lowest BCUT2D eigenvalue weighted by molar-refractivity contribution is 0.0668. The molecule has 1 N–H and O–H groups in total. The molecule has 2 aromatic carbocycles. The van der Waals surface area contributed by atoms with Crippen LogP contribution in [0.3, 0.4) is 0 Å². The van der Waals surface area contributed by atoms with Crippen LogP contribution in [0.5, 0.6) is 0 Å². The number of nitrogens with one attached hydrogen (secondary N) is 1. The number of rotatable bonds is 5. The lowest BCUT2D eigenvalue weighted by Gasteiger charge is -2.33. The van der Waals surface area contributed by atoms with Crippen LogP contribution in [0.1, 0.15) is 35.2 Å². The largest absolute Gasteiger partial charge is 0.338 e. The predicted molar refractivity (Wildman–Crippen MR) is 105 cm³/mol. The number of carbonyl (C=O) groups is 1. The van der Waals surface area contributed by atoms with Gasteiger partial charge in [0.05, 0.1) is 0 Å². The summed E-state index contributed by atoms with van der Waals surface area (Å²) in [6.45, 7) is 1.58. The van der Waals surface area contributed by atoms with Gasteiger partial charge in [-0.25, -0.2) is 9.37 Å². The first-order valence-corrected chi connectivity index (χ1v) is 9.68. The van der Waals surface area contributed by atoms with Gasteiger partial charge in [0.1, 0.15) is 12.1 Å². The zero-order valence-electron chi connectivity index (χ0n) is 15.6. The summed E-state index contributed by atoms with van der Waals surface area (Å²) in [5.74, 6) is 1.05. The molecule has 1 aliphatic rings. The van der Waals surface area contributed by atoms with Gasteiger partial charge in [-0.15, -0.1) is 0 Å². The van der Waals surface area contributed by atoms with Crippen LogP contribution in [-0.2, 0) is 6.42 Å². The summed E-state index contributed by atoms with van der Waals surface area (Å²) in [6, 6.07) is 14.2. The molecule has 144 valence electrons. The Morgan fingerprint density at radius 2 is 1.93 bits per heavy atom. The molecule has 2 heterocycles. The second kappa shape index (κ2) is 8.33. The molecule has 1 aromatic heterocycles. The van der Waals surface area contributed by atoms with Crippen molar-refractivity contribution in [2.75, 3.05) is 13.1 Å². The summed E-state index contributed by atoms with van der Waals surface area (Å²) in [5.41, 5.74) is 2.75. The predicted octanol–water partition coefficient (Wildman–Crippen LogP) is 4.10. The lowest BCUT2D eigenvalue weighted by atomic mass is 9.91. The van der Waals surface area contributed by atoms with E-state index in [9.17, 15) is 9.18 Å². The van der Waals surface area contributed by atoms with Crippen molar-refractivity contribution in [3.63, 3.8) is 0 Å². The molecule has 0 radical (unpaired) electrons. The summed E-state index contributed by atoms with van der Waals surface area (Å²) < 4.78 is 13.0. The molecule has 1 saturated heterocycles. The van der Waals surface area contributed by atoms with E-state index in [1.807, 2.05) is 41.3 Å². The maximum atomic E-state index is 13.0. The van der Waals surface area contributed by atoms with Crippen LogP contribution in [0, 0.1) is 11.7 Å². The van der Waals surface area contributed by atoms with Crippen molar-refractivity contribution in [1.29, 1.82) is 0 Å². The molecular formula is C22H23FN4O. The number of aromatic amines is 1. The number of nitrogens with zero attached hydrogens (tertiary/aromatic N) is 3. The number of halogens is 1. The average molecular weight is 378 g/mol. The van der Waals surface area contributed by atoms with Crippen molar-refractivity contribution in [2.45, 2.75) is 25.7 Å². The number of piperidine rings is 1. The smallest absolute Gasteiger partial charge is 0.253 e. The molecule has 0 unspecified atom stereocenters. The normalized spacial score (nSPS) is 16.9. The van der Waals surface area contributed by atoms with E-state index in [4.69, 9.17) is 0 Å². The Hall–Kier alpha value is -3.02.